The molecule has 38 heavy (non-hydrogen) atoms. The van der Waals surface area contributed by atoms with Gasteiger partial charge in [0.2, 0.25) is 11.8 Å². The summed E-state index contributed by atoms with van der Waals surface area (Å²) in [5.41, 5.74) is 2.85. The van der Waals surface area contributed by atoms with Crippen LogP contribution in [0.15, 0.2) is 59.8 Å². The second kappa shape index (κ2) is 10.6. The summed E-state index contributed by atoms with van der Waals surface area (Å²) in [4.78, 5) is 26.2. The molecule has 4 aliphatic rings. The van der Waals surface area contributed by atoms with Crippen molar-refractivity contribution < 1.29 is 9.59 Å². The topological polar surface area (TPSA) is 88.9 Å². The molecule has 0 atom stereocenters. The number of nitrogens with zero attached hydrogens (tertiary/aromatic N) is 3. The van der Waals surface area contributed by atoms with Gasteiger partial charge in [0.15, 0.2) is 11.0 Å². The minimum atomic E-state index is -0.190. The van der Waals surface area contributed by atoms with Crippen LogP contribution in [0.25, 0.3) is 0 Å². The SMILES string of the molecule is Cc1ccc(NC(=O)CSc2nnc(CNC(=O)C34CC5CC(CC(C5)C3)C4)n2Cc2ccccc2)cc1. The van der Waals surface area contributed by atoms with Gasteiger partial charge in [-0.05, 0) is 80.9 Å². The fourth-order valence-corrected chi connectivity index (χ4v) is 7.94. The predicted molar refractivity (Wildman–Crippen MR) is 149 cm³/mol. The molecule has 4 saturated carbocycles. The zero-order valence-electron chi connectivity index (χ0n) is 21.9. The summed E-state index contributed by atoms with van der Waals surface area (Å²) in [6.07, 6.45) is 7.07. The summed E-state index contributed by atoms with van der Waals surface area (Å²) in [6, 6.07) is 17.9. The minimum Gasteiger partial charge on any atom is -0.348 e. The Morgan fingerprint density at radius 1 is 0.947 bits per heavy atom. The van der Waals surface area contributed by atoms with Gasteiger partial charge in [-0.1, -0.05) is 59.8 Å². The Labute approximate surface area is 228 Å². The molecule has 4 bridgehead atoms. The lowest BCUT2D eigenvalue weighted by Gasteiger charge is -2.55. The van der Waals surface area contributed by atoms with E-state index >= 15 is 0 Å². The number of anilines is 1. The first kappa shape index (κ1) is 25.2. The monoisotopic (exact) mass is 529 g/mol. The van der Waals surface area contributed by atoms with Crippen LogP contribution in [0, 0.1) is 30.1 Å². The van der Waals surface area contributed by atoms with Crippen molar-refractivity contribution in [3.05, 3.63) is 71.5 Å². The highest BCUT2D eigenvalue weighted by atomic mass is 32.2. The second-order valence-corrected chi connectivity index (χ2v) is 12.5. The van der Waals surface area contributed by atoms with Crippen LogP contribution >= 0.6 is 11.8 Å². The van der Waals surface area contributed by atoms with E-state index in [0.29, 0.717) is 24.1 Å². The van der Waals surface area contributed by atoms with Gasteiger partial charge in [-0.25, -0.2) is 0 Å². The number of carbonyl (C=O) groups is 2. The quantitative estimate of drug-likeness (QED) is 0.372. The van der Waals surface area contributed by atoms with Crippen LogP contribution in [0.2, 0.25) is 0 Å². The number of benzene rings is 2. The Balaban J connectivity index is 1.14. The molecule has 7 rings (SSSR count). The number of aryl methyl sites for hydroxylation is 1. The normalized spacial score (nSPS) is 25.3. The van der Waals surface area contributed by atoms with E-state index in [1.54, 1.807) is 0 Å². The Hall–Kier alpha value is -3.13. The van der Waals surface area contributed by atoms with Crippen LogP contribution in [0.4, 0.5) is 5.69 Å². The highest BCUT2D eigenvalue weighted by Crippen LogP contribution is 2.60. The molecule has 0 saturated heterocycles. The third kappa shape index (κ3) is 5.37. The Kier molecular flexibility index (Phi) is 6.99. The molecule has 198 valence electrons. The molecule has 2 amide bonds. The zero-order chi connectivity index (χ0) is 26.1. The highest BCUT2D eigenvalue weighted by molar-refractivity contribution is 7.99. The van der Waals surface area contributed by atoms with E-state index in [9.17, 15) is 9.59 Å². The van der Waals surface area contributed by atoms with Gasteiger partial charge in [-0.15, -0.1) is 10.2 Å². The Bertz CT molecular complexity index is 1270. The van der Waals surface area contributed by atoms with Gasteiger partial charge < -0.3 is 15.2 Å². The molecule has 8 heteroatoms. The molecule has 1 aromatic heterocycles. The van der Waals surface area contributed by atoms with Crippen molar-refractivity contribution in [2.24, 2.45) is 23.2 Å². The van der Waals surface area contributed by atoms with Crippen molar-refractivity contribution >= 4 is 29.3 Å². The van der Waals surface area contributed by atoms with Gasteiger partial charge in [-0.2, -0.15) is 0 Å². The van der Waals surface area contributed by atoms with Gasteiger partial charge in [-0.3, -0.25) is 9.59 Å². The molecule has 0 spiro atoms. The fraction of sp³-hybridized carbons (Fsp3) is 0.467. The molecule has 2 aromatic carbocycles. The van der Waals surface area contributed by atoms with Crippen molar-refractivity contribution in [3.63, 3.8) is 0 Å². The van der Waals surface area contributed by atoms with Crippen LogP contribution in [0.3, 0.4) is 0 Å². The van der Waals surface area contributed by atoms with Gasteiger partial charge in [0.05, 0.1) is 18.8 Å². The van der Waals surface area contributed by atoms with E-state index in [2.05, 4.69) is 33.0 Å². The number of carbonyl (C=O) groups excluding carboxylic acids is 2. The number of amides is 2. The number of thioether (sulfide) groups is 1. The minimum absolute atomic E-state index is 0.0928. The summed E-state index contributed by atoms with van der Waals surface area (Å²) in [7, 11) is 0. The van der Waals surface area contributed by atoms with Gasteiger partial charge in [0.1, 0.15) is 0 Å². The fourth-order valence-electron chi connectivity index (χ4n) is 7.18. The number of aromatic nitrogens is 3. The molecule has 0 aliphatic heterocycles. The van der Waals surface area contributed by atoms with E-state index in [1.807, 2.05) is 54.0 Å². The van der Waals surface area contributed by atoms with Crippen LogP contribution in [0.1, 0.15) is 55.5 Å². The highest BCUT2D eigenvalue weighted by Gasteiger charge is 2.54. The first-order valence-electron chi connectivity index (χ1n) is 13.7. The van der Waals surface area contributed by atoms with E-state index in [1.165, 1.54) is 31.0 Å². The molecular formula is C30H35N5O2S. The molecule has 0 unspecified atom stereocenters. The molecule has 1 heterocycles. The number of hydrogen-bond donors (Lipinski definition) is 2. The van der Waals surface area contributed by atoms with Crippen molar-refractivity contribution in [3.8, 4) is 0 Å². The average molecular weight is 530 g/mol. The number of rotatable bonds is 9. The largest absolute Gasteiger partial charge is 0.348 e. The van der Waals surface area contributed by atoms with E-state index in [-0.39, 0.29) is 23.0 Å². The van der Waals surface area contributed by atoms with Crippen molar-refractivity contribution in [1.29, 1.82) is 0 Å². The van der Waals surface area contributed by atoms with Crippen molar-refractivity contribution in [1.82, 2.24) is 20.1 Å². The molecule has 4 aliphatic carbocycles. The smallest absolute Gasteiger partial charge is 0.234 e. The summed E-state index contributed by atoms with van der Waals surface area (Å²) in [5.74, 6) is 3.21. The third-order valence-corrected chi connectivity index (χ3v) is 9.54. The maximum atomic E-state index is 13.5. The molecule has 3 aromatic rings. The molecule has 4 fully saturated rings. The summed E-state index contributed by atoms with van der Waals surface area (Å²) in [5, 5.41) is 15.7. The van der Waals surface area contributed by atoms with Crippen LogP contribution < -0.4 is 10.6 Å². The van der Waals surface area contributed by atoms with E-state index in [4.69, 9.17) is 0 Å². The van der Waals surface area contributed by atoms with Crippen molar-refractivity contribution in [2.75, 3.05) is 11.1 Å². The lowest BCUT2D eigenvalue weighted by atomic mass is 9.49. The van der Waals surface area contributed by atoms with Gasteiger partial charge >= 0.3 is 0 Å². The predicted octanol–water partition coefficient (Wildman–Crippen LogP) is 5.20. The van der Waals surface area contributed by atoms with Gasteiger partial charge in [0.25, 0.3) is 0 Å². The van der Waals surface area contributed by atoms with Gasteiger partial charge in [0, 0.05) is 11.1 Å². The zero-order valence-corrected chi connectivity index (χ0v) is 22.7. The number of hydrogen-bond acceptors (Lipinski definition) is 5. The van der Waals surface area contributed by atoms with Crippen molar-refractivity contribution in [2.45, 2.75) is 63.7 Å². The number of nitrogens with one attached hydrogen (secondary N) is 2. The first-order chi connectivity index (χ1) is 18.5. The lowest BCUT2D eigenvalue weighted by molar-refractivity contribution is -0.146. The molecule has 0 radical (unpaired) electrons. The molecule has 7 nitrogen and oxygen atoms in total. The first-order valence-corrected chi connectivity index (χ1v) is 14.7. The standard InChI is InChI=1S/C30H35N5O2S/c1-20-7-9-25(10-8-20)32-27(36)19-38-29-34-33-26(35(29)18-21-5-3-2-4-6-21)17-31-28(37)30-14-22-11-23(15-30)13-24(12-22)16-30/h2-10,22-24H,11-19H2,1H3,(H,31,37)(H,32,36). The maximum absolute atomic E-state index is 13.5. The third-order valence-electron chi connectivity index (χ3n) is 8.57. The van der Waals surface area contributed by atoms with Crippen LogP contribution in [0.5, 0.6) is 0 Å². The lowest BCUT2D eigenvalue weighted by Crippen LogP contribution is -2.53. The molecular weight excluding hydrogens is 494 g/mol. The Morgan fingerprint density at radius 2 is 1.61 bits per heavy atom. The van der Waals surface area contributed by atoms with Crippen LogP contribution in [-0.2, 0) is 22.7 Å². The van der Waals surface area contributed by atoms with E-state index < -0.39 is 0 Å². The average Bonchev–Trinajstić information content (AvgIpc) is 3.28. The second-order valence-electron chi connectivity index (χ2n) is 11.6. The van der Waals surface area contributed by atoms with Crippen LogP contribution in [-0.4, -0.2) is 32.3 Å². The summed E-state index contributed by atoms with van der Waals surface area (Å²) < 4.78 is 2.03. The molecule has 2 N–H and O–H groups in total. The maximum Gasteiger partial charge on any atom is 0.234 e. The summed E-state index contributed by atoms with van der Waals surface area (Å²) >= 11 is 1.36. The van der Waals surface area contributed by atoms with E-state index in [0.717, 1.165) is 53.8 Å². The summed E-state index contributed by atoms with van der Waals surface area (Å²) in [6.45, 7) is 2.94. The Morgan fingerprint density at radius 3 is 2.26 bits per heavy atom.